The molecule has 21 heavy (non-hydrogen) atoms. The van der Waals surface area contributed by atoms with Crippen LogP contribution in [0.5, 0.6) is 0 Å². The average molecular weight is 300 g/mol. The summed E-state index contributed by atoms with van der Waals surface area (Å²) in [7, 11) is 0. The Morgan fingerprint density at radius 2 is 1.95 bits per heavy atom. The number of nitro benzene ring substituents is 1. The maximum atomic E-state index is 10.9. The van der Waals surface area contributed by atoms with Crippen molar-refractivity contribution in [3.8, 4) is 6.07 Å². The van der Waals surface area contributed by atoms with Crippen LogP contribution in [0.3, 0.4) is 0 Å². The van der Waals surface area contributed by atoms with Crippen molar-refractivity contribution in [2.45, 2.75) is 9.79 Å². The van der Waals surface area contributed by atoms with Crippen LogP contribution in [0, 0.1) is 21.4 Å². The van der Waals surface area contributed by atoms with Crippen molar-refractivity contribution >= 4 is 23.4 Å². The molecule has 0 amide bonds. The van der Waals surface area contributed by atoms with Gasteiger partial charge in [-0.15, -0.1) is 0 Å². The molecule has 2 aromatic carbocycles. The average Bonchev–Trinajstić information content (AvgIpc) is 2.47. The Morgan fingerprint density at radius 1 is 1.24 bits per heavy atom. The van der Waals surface area contributed by atoms with E-state index in [0.29, 0.717) is 9.79 Å². The van der Waals surface area contributed by atoms with Crippen molar-refractivity contribution in [3.63, 3.8) is 0 Å². The fraction of sp³-hybridized carbons (Fsp3) is 0. The van der Waals surface area contributed by atoms with Crippen LogP contribution in [-0.2, 0) is 0 Å². The van der Waals surface area contributed by atoms with Gasteiger partial charge in [0.1, 0.15) is 11.6 Å². The monoisotopic (exact) mass is 300 g/mol. The van der Waals surface area contributed by atoms with Crippen molar-refractivity contribution < 1.29 is 14.8 Å². The van der Waals surface area contributed by atoms with E-state index in [2.05, 4.69) is 0 Å². The molecule has 0 aliphatic rings. The maximum Gasteiger partial charge on any atom is 0.335 e. The van der Waals surface area contributed by atoms with Gasteiger partial charge >= 0.3 is 5.97 Å². The van der Waals surface area contributed by atoms with Gasteiger partial charge in [0.05, 0.1) is 10.5 Å². The predicted molar refractivity (Wildman–Crippen MR) is 75.3 cm³/mol. The molecule has 0 aromatic heterocycles. The second-order valence-electron chi connectivity index (χ2n) is 3.98. The van der Waals surface area contributed by atoms with Gasteiger partial charge in [-0.1, -0.05) is 17.8 Å². The molecule has 1 N–H and O–H groups in total. The second-order valence-corrected chi connectivity index (χ2v) is 5.13. The molecule has 0 atom stereocenters. The maximum absolute atomic E-state index is 10.9. The van der Waals surface area contributed by atoms with Gasteiger partial charge < -0.3 is 5.11 Å². The van der Waals surface area contributed by atoms with Gasteiger partial charge in [-0.2, -0.15) is 5.26 Å². The quantitative estimate of drug-likeness (QED) is 0.686. The van der Waals surface area contributed by atoms with Gasteiger partial charge in [0, 0.05) is 15.9 Å². The molecule has 0 unspecified atom stereocenters. The molecule has 6 nitrogen and oxygen atoms in total. The summed E-state index contributed by atoms with van der Waals surface area (Å²) in [5, 5.41) is 28.6. The lowest BCUT2D eigenvalue weighted by Gasteiger charge is -2.03. The summed E-state index contributed by atoms with van der Waals surface area (Å²) in [6.07, 6.45) is 0. The van der Waals surface area contributed by atoms with Crippen molar-refractivity contribution in [3.05, 3.63) is 63.7 Å². The standard InChI is InChI=1S/C14H8N2O4S/c15-8-10-7-12(4-5-13(10)16(19)20)21-11-3-1-2-9(6-11)14(17)18/h1-7H,(H,17,18). The van der Waals surface area contributed by atoms with Gasteiger partial charge in [-0.25, -0.2) is 4.79 Å². The van der Waals surface area contributed by atoms with Crippen LogP contribution < -0.4 is 0 Å². The second kappa shape index (κ2) is 6.07. The molecule has 0 saturated heterocycles. The highest BCUT2D eigenvalue weighted by molar-refractivity contribution is 7.99. The lowest BCUT2D eigenvalue weighted by Crippen LogP contribution is -1.95. The molecule has 104 valence electrons. The number of nitriles is 1. The van der Waals surface area contributed by atoms with Crippen LogP contribution in [-0.4, -0.2) is 16.0 Å². The largest absolute Gasteiger partial charge is 0.478 e. The highest BCUT2D eigenvalue weighted by Crippen LogP contribution is 2.31. The SMILES string of the molecule is N#Cc1cc(Sc2cccc(C(=O)O)c2)ccc1[N+](=O)[O-]. The first-order valence-corrected chi connectivity index (χ1v) is 6.52. The number of hydrogen-bond donors (Lipinski definition) is 1. The fourth-order valence-electron chi connectivity index (χ4n) is 1.66. The van der Waals surface area contributed by atoms with Gasteiger partial charge in [0.2, 0.25) is 0 Å². The Kier molecular flexibility index (Phi) is 4.21. The van der Waals surface area contributed by atoms with Crippen LogP contribution in [0.4, 0.5) is 5.69 Å². The summed E-state index contributed by atoms with van der Waals surface area (Å²) in [5.41, 5.74) is -0.122. The number of nitrogens with zero attached hydrogens (tertiary/aromatic N) is 2. The van der Waals surface area contributed by atoms with Crippen molar-refractivity contribution in [2.75, 3.05) is 0 Å². The van der Waals surface area contributed by atoms with E-state index in [9.17, 15) is 14.9 Å². The fourth-order valence-corrected chi connectivity index (χ4v) is 2.57. The molecule has 0 saturated carbocycles. The zero-order chi connectivity index (χ0) is 15.4. The van der Waals surface area contributed by atoms with Crippen LogP contribution in [0.1, 0.15) is 15.9 Å². The van der Waals surface area contributed by atoms with Crippen molar-refractivity contribution in [1.29, 1.82) is 5.26 Å². The van der Waals surface area contributed by atoms with E-state index in [4.69, 9.17) is 10.4 Å². The lowest BCUT2D eigenvalue weighted by atomic mass is 10.2. The van der Waals surface area contributed by atoms with E-state index in [1.165, 1.54) is 42.1 Å². The first-order valence-electron chi connectivity index (χ1n) is 5.71. The first kappa shape index (κ1) is 14.6. The zero-order valence-corrected chi connectivity index (χ0v) is 11.3. The molecule has 0 aliphatic carbocycles. The molecule has 0 spiro atoms. The number of carboxylic acids is 1. The van der Waals surface area contributed by atoms with Crippen molar-refractivity contribution in [2.24, 2.45) is 0 Å². The third kappa shape index (κ3) is 3.38. The van der Waals surface area contributed by atoms with E-state index in [0.717, 1.165) is 0 Å². The summed E-state index contributed by atoms with van der Waals surface area (Å²) in [4.78, 5) is 22.3. The minimum atomic E-state index is -1.03. The summed E-state index contributed by atoms with van der Waals surface area (Å²) in [5.74, 6) is -1.03. The van der Waals surface area contributed by atoms with E-state index >= 15 is 0 Å². The van der Waals surface area contributed by atoms with Crippen LogP contribution in [0.15, 0.2) is 52.3 Å². The molecular formula is C14H8N2O4S. The number of hydrogen-bond acceptors (Lipinski definition) is 5. The summed E-state index contributed by atoms with van der Waals surface area (Å²) >= 11 is 1.23. The third-order valence-electron chi connectivity index (χ3n) is 2.60. The molecular weight excluding hydrogens is 292 g/mol. The highest BCUT2D eigenvalue weighted by atomic mass is 32.2. The lowest BCUT2D eigenvalue weighted by molar-refractivity contribution is -0.385. The van der Waals surface area contributed by atoms with Crippen molar-refractivity contribution in [1.82, 2.24) is 0 Å². The molecule has 0 heterocycles. The topological polar surface area (TPSA) is 104 Å². The molecule has 2 rings (SSSR count). The van der Waals surface area contributed by atoms with Gasteiger partial charge in [0.25, 0.3) is 5.69 Å². The van der Waals surface area contributed by atoms with Crippen LogP contribution in [0.2, 0.25) is 0 Å². The molecule has 7 heteroatoms. The molecule has 0 aliphatic heterocycles. The number of aromatic carboxylic acids is 1. The van der Waals surface area contributed by atoms with Crippen LogP contribution in [0.25, 0.3) is 0 Å². The summed E-state index contributed by atoms with van der Waals surface area (Å²) in [6.45, 7) is 0. The molecule has 0 fully saturated rings. The zero-order valence-electron chi connectivity index (χ0n) is 10.5. The van der Waals surface area contributed by atoms with Gasteiger partial charge in [0.15, 0.2) is 0 Å². The van der Waals surface area contributed by atoms with E-state index in [1.807, 2.05) is 0 Å². The normalized spacial score (nSPS) is 9.86. The minimum Gasteiger partial charge on any atom is -0.478 e. The summed E-state index contributed by atoms with van der Waals surface area (Å²) < 4.78 is 0. The number of benzene rings is 2. The molecule has 0 bridgehead atoms. The van der Waals surface area contributed by atoms with Gasteiger partial charge in [-0.3, -0.25) is 10.1 Å². The summed E-state index contributed by atoms with van der Waals surface area (Å²) in [6, 6.07) is 12.3. The Hall–Kier alpha value is -2.85. The Morgan fingerprint density at radius 3 is 2.57 bits per heavy atom. The third-order valence-corrected chi connectivity index (χ3v) is 3.58. The Balaban J connectivity index is 2.32. The number of carboxylic acid groups (broad SMARTS) is 1. The Labute approximate surface area is 123 Å². The molecule has 2 aromatic rings. The minimum absolute atomic E-state index is 0.0283. The Bertz CT molecular complexity index is 768. The van der Waals surface area contributed by atoms with Gasteiger partial charge in [-0.05, 0) is 30.3 Å². The predicted octanol–water partition coefficient (Wildman–Crippen LogP) is 3.32. The number of nitro groups is 1. The van der Waals surface area contributed by atoms with E-state index < -0.39 is 10.9 Å². The smallest absolute Gasteiger partial charge is 0.335 e. The van der Waals surface area contributed by atoms with E-state index in [1.54, 1.807) is 18.2 Å². The van der Waals surface area contributed by atoms with Crippen LogP contribution >= 0.6 is 11.8 Å². The highest BCUT2D eigenvalue weighted by Gasteiger charge is 2.14. The molecule has 0 radical (unpaired) electrons. The number of rotatable bonds is 4. The first-order chi connectivity index (χ1) is 10.0. The number of carbonyl (C=O) groups is 1. The van der Waals surface area contributed by atoms with E-state index in [-0.39, 0.29) is 16.8 Å².